The third kappa shape index (κ3) is 4.75. The molecular weight excluding hydrogens is 402 g/mol. The number of nitrogens with zero attached hydrogens (tertiary/aromatic N) is 6. The van der Waals surface area contributed by atoms with Crippen LogP contribution in [-0.2, 0) is 9.53 Å². The Morgan fingerprint density at radius 2 is 2.13 bits per heavy atom. The second-order valence-electron chi connectivity index (χ2n) is 7.30. The van der Waals surface area contributed by atoms with E-state index in [0.717, 1.165) is 32.6 Å². The van der Waals surface area contributed by atoms with Crippen molar-refractivity contribution in [1.82, 2.24) is 34.0 Å². The lowest BCUT2D eigenvalue weighted by Gasteiger charge is -2.31. The van der Waals surface area contributed by atoms with Gasteiger partial charge in [0.15, 0.2) is 5.65 Å². The van der Waals surface area contributed by atoms with Crippen LogP contribution in [0.3, 0.4) is 0 Å². The molecule has 160 valence electrons. The van der Waals surface area contributed by atoms with Gasteiger partial charge in [-0.3, -0.25) is 14.3 Å². The molecule has 9 nitrogen and oxygen atoms in total. The number of aromatic nitrogens is 4. The Hall–Kier alpha value is -2.19. The molecule has 2 fully saturated rings. The number of fused-ring (bicyclic) bond motifs is 1. The van der Waals surface area contributed by atoms with Gasteiger partial charge in [-0.2, -0.15) is 0 Å². The summed E-state index contributed by atoms with van der Waals surface area (Å²) in [6.45, 7) is 7.37. The van der Waals surface area contributed by atoms with Gasteiger partial charge < -0.3 is 10.1 Å². The smallest absolute Gasteiger partial charge is 0.249 e. The molecule has 2 saturated heterocycles. The number of likely N-dealkylation sites (N-methyl/N-ethyl adjacent to an activating group) is 1. The number of rotatable bonds is 5. The minimum Gasteiger partial charge on any atom is -0.354 e. The summed E-state index contributed by atoms with van der Waals surface area (Å²) < 4.78 is 10.2. The second-order valence-corrected chi connectivity index (χ2v) is 8.18. The zero-order valence-corrected chi connectivity index (χ0v) is 18.2. The highest BCUT2D eigenvalue weighted by molar-refractivity contribution is 7.96. The summed E-state index contributed by atoms with van der Waals surface area (Å²) in [7, 11) is 0. The van der Waals surface area contributed by atoms with Crippen LogP contribution in [0, 0.1) is 11.8 Å². The molecule has 2 aromatic rings. The van der Waals surface area contributed by atoms with E-state index in [4.69, 9.17) is 4.74 Å². The van der Waals surface area contributed by atoms with Gasteiger partial charge in [-0.05, 0) is 31.9 Å². The molecule has 2 aliphatic heterocycles. The van der Waals surface area contributed by atoms with Crippen LogP contribution in [0.2, 0.25) is 0 Å². The molecule has 10 heteroatoms. The normalized spacial score (nSPS) is 22.7. The zero-order valence-electron chi connectivity index (χ0n) is 17.4. The minimum absolute atomic E-state index is 0.0658. The number of imidazole rings is 1. The van der Waals surface area contributed by atoms with Crippen molar-refractivity contribution < 1.29 is 9.53 Å². The number of carbonyl (C=O) groups excluding carboxylic acids is 1. The average molecular weight is 430 g/mol. The number of hydrogen-bond donors (Lipinski definition) is 1. The van der Waals surface area contributed by atoms with E-state index in [1.54, 1.807) is 24.5 Å². The largest absolute Gasteiger partial charge is 0.354 e. The predicted octanol–water partition coefficient (Wildman–Crippen LogP) is 0.887. The molecule has 2 aliphatic rings. The summed E-state index contributed by atoms with van der Waals surface area (Å²) >= 11 is 1.80. The van der Waals surface area contributed by atoms with Crippen molar-refractivity contribution in [3.8, 4) is 11.8 Å². The first-order valence-electron chi connectivity index (χ1n) is 10.3. The third-order valence-corrected chi connectivity index (χ3v) is 6.24. The van der Waals surface area contributed by atoms with E-state index in [1.807, 2.05) is 11.5 Å². The molecule has 0 spiro atoms. The van der Waals surface area contributed by atoms with Gasteiger partial charge in [0.1, 0.15) is 17.8 Å². The fourth-order valence-corrected chi connectivity index (χ4v) is 4.23. The van der Waals surface area contributed by atoms with Crippen LogP contribution in [0.5, 0.6) is 0 Å². The topological polar surface area (TPSA) is 88.4 Å². The molecule has 1 amide bonds. The summed E-state index contributed by atoms with van der Waals surface area (Å²) in [4.78, 5) is 27.7. The monoisotopic (exact) mass is 429 g/mol. The highest BCUT2D eigenvalue weighted by Gasteiger charge is 2.32. The van der Waals surface area contributed by atoms with E-state index >= 15 is 0 Å². The molecule has 30 heavy (non-hydrogen) atoms. The highest BCUT2D eigenvalue weighted by Crippen LogP contribution is 2.30. The number of carbonyl (C=O) groups is 1. The fourth-order valence-electron chi connectivity index (χ4n) is 3.70. The molecule has 0 bridgehead atoms. The van der Waals surface area contributed by atoms with E-state index < -0.39 is 6.10 Å². The summed E-state index contributed by atoms with van der Waals surface area (Å²) in [6.07, 6.45) is 6.23. The molecule has 4 heterocycles. The molecule has 4 rings (SSSR count). The molecule has 0 aromatic carbocycles. The first kappa shape index (κ1) is 21.1. The van der Waals surface area contributed by atoms with E-state index in [0.29, 0.717) is 36.5 Å². The quantitative estimate of drug-likeness (QED) is 0.554. The van der Waals surface area contributed by atoms with Crippen molar-refractivity contribution in [2.75, 3.05) is 45.5 Å². The van der Waals surface area contributed by atoms with Gasteiger partial charge in [0, 0.05) is 32.7 Å². The second kappa shape index (κ2) is 9.75. The van der Waals surface area contributed by atoms with Crippen LogP contribution in [0.1, 0.15) is 31.8 Å². The summed E-state index contributed by atoms with van der Waals surface area (Å²) in [5, 5.41) is 2.81. The van der Waals surface area contributed by atoms with Gasteiger partial charge in [0.2, 0.25) is 11.7 Å². The predicted molar refractivity (Wildman–Crippen MR) is 116 cm³/mol. The standard InChI is InChI=1S/C20H27N7O2S/c1-3-21-20(28)16-6-7-18(29-16)27-14-23-15-13-22-17(24-19(15)27)5-4-8-25-9-11-26(30-2)12-10-25/h13-14,16,18H,3,6-12H2,1-2H3,(H,21,28). The molecule has 0 saturated carbocycles. The van der Waals surface area contributed by atoms with Crippen LogP contribution in [0.4, 0.5) is 0 Å². The van der Waals surface area contributed by atoms with Crippen molar-refractivity contribution in [3.63, 3.8) is 0 Å². The Morgan fingerprint density at radius 3 is 2.90 bits per heavy atom. The van der Waals surface area contributed by atoms with Crippen LogP contribution >= 0.6 is 11.9 Å². The number of piperazine rings is 1. The lowest BCUT2D eigenvalue weighted by atomic mass is 10.2. The molecular formula is C20H27N7O2S. The van der Waals surface area contributed by atoms with Crippen molar-refractivity contribution >= 4 is 29.0 Å². The van der Waals surface area contributed by atoms with E-state index in [2.05, 4.69) is 47.6 Å². The first-order valence-corrected chi connectivity index (χ1v) is 11.5. The maximum Gasteiger partial charge on any atom is 0.249 e. The van der Waals surface area contributed by atoms with Crippen LogP contribution in [0.15, 0.2) is 12.5 Å². The number of hydrogen-bond acceptors (Lipinski definition) is 8. The zero-order chi connectivity index (χ0) is 20.9. The van der Waals surface area contributed by atoms with Gasteiger partial charge in [-0.25, -0.2) is 19.3 Å². The number of amides is 1. The van der Waals surface area contributed by atoms with Gasteiger partial charge >= 0.3 is 0 Å². The minimum atomic E-state index is -0.430. The maximum atomic E-state index is 12.0. The summed E-state index contributed by atoms with van der Waals surface area (Å²) in [6, 6.07) is 0. The van der Waals surface area contributed by atoms with Crippen LogP contribution in [-0.4, -0.2) is 86.3 Å². The van der Waals surface area contributed by atoms with Gasteiger partial charge in [-0.15, -0.1) is 0 Å². The molecule has 0 radical (unpaired) electrons. The van der Waals surface area contributed by atoms with Crippen LogP contribution in [0.25, 0.3) is 11.2 Å². The van der Waals surface area contributed by atoms with Crippen molar-refractivity contribution in [3.05, 3.63) is 18.3 Å². The SMILES string of the molecule is CCNC(=O)C1CCC(n2cnc3cnc(C#CCN4CCN(SC)CC4)nc32)O1. The highest BCUT2D eigenvalue weighted by atomic mass is 32.2. The van der Waals surface area contributed by atoms with Gasteiger partial charge in [-0.1, -0.05) is 17.9 Å². The van der Waals surface area contributed by atoms with Crippen molar-refractivity contribution in [2.45, 2.75) is 32.1 Å². The Morgan fingerprint density at radius 1 is 1.30 bits per heavy atom. The maximum absolute atomic E-state index is 12.0. The molecule has 2 atom stereocenters. The number of nitrogens with one attached hydrogen (secondary N) is 1. The lowest BCUT2D eigenvalue weighted by molar-refractivity contribution is -0.133. The number of ether oxygens (including phenoxy) is 1. The lowest BCUT2D eigenvalue weighted by Crippen LogP contribution is -2.43. The van der Waals surface area contributed by atoms with E-state index in [1.165, 1.54) is 0 Å². The van der Waals surface area contributed by atoms with Gasteiger partial charge in [0.05, 0.1) is 19.1 Å². The Bertz CT molecular complexity index is 946. The van der Waals surface area contributed by atoms with Crippen LogP contribution < -0.4 is 5.32 Å². The first-order chi connectivity index (χ1) is 14.7. The molecule has 2 aromatic heterocycles. The van der Waals surface area contributed by atoms with E-state index in [9.17, 15) is 4.79 Å². The Kier molecular flexibility index (Phi) is 6.84. The third-order valence-electron chi connectivity index (χ3n) is 5.36. The average Bonchev–Trinajstić information content (AvgIpc) is 3.41. The Labute approximate surface area is 180 Å². The van der Waals surface area contributed by atoms with Crippen molar-refractivity contribution in [1.29, 1.82) is 0 Å². The summed E-state index contributed by atoms with van der Waals surface area (Å²) in [5.41, 5.74) is 1.38. The van der Waals surface area contributed by atoms with E-state index in [-0.39, 0.29) is 12.1 Å². The van der Waals surface area contributed by atoms with Gasteiger partial charge in [0.25, 0.3) is 0 Å². The fraction of sp³-hybridized carbons (Fsp3) is 0.600. The summed E-state index contributed by atoms with van der Waals surface area (Å²) in [5.74, 6) is 6.69. The molecule has 1 N–H and O–H groups in total. The van der Waals surface area contributed by atoms with Crippen molar-refractivity contribution in [2.24, 2.45) is 0 Å². The Balaban J connectivity index is 1.42. The molecule has 0 aliphatic carbocycles. The molecule has 2 unspecified atom stereocenters.